The van der Waals surface area contributed by atoms with Crippen LogP contribution >= 0.6 is 23.2 Å². The second kappa shape index (κ2) is 8.78. The smallest absolute Gasteiger partial charge is 0.341 e. The monoisotopic (exact) mass is 410 g/mol. The first-order chi connectivity index (χ1) is 13.0. The molecular formula is C19H20Cl2N2O4. The maximum absolute atomic E-state index is 12.8. The minimum absolute atomic E-state index is 0.126. The van der Waals surface area contributed by atoms with Crippen LogP contribution in [0, 0.1) is 0 Å². The third-order valence-electron chi connectivity index (χ3n) is 4.60. The highest BCUT2D eigenvalue weighted by molar-refractivity contribution is 6.42. The van der Waals surface area contributed by atoms with Crippen molar-refractivity contribution in [3.8, 4) is 0 Å². The van der Waals surface area contributed by atoms with E-state index in [1.165, 1.54) is 13.4 Å². The Balaban J connectivity index is 1.73. The summed E-state index contributed by atoms with van der Waals surface area (Å²) in [5.41, 5.74) is 0.972. The van der Waals surface area contributed by atoms with Crippen LogP contribution in [0.4, 0.5) is 5.69 Å². The number of carbonyl (C=O) groups excluding carboxylic acids is 2. The summed E-state index contributed by atoms with van der Waals surface area (Å²) in [4.78, 5) is 26.7. The molecule has 0 saturated carbocycles. The molecule has 1 N–H and O–H groups in total. The molecule has 1 saturated heterocycles. The van der Waals surface area contributed by atoms with Crippen LogP contribution in [-0.4, -0.2) is 36.5 Å². The molecule has 0 spiro atoms. The Morgan fingerprint density at radius 2 is 2.07 bits per heavy atom. The molecule has 1 fully saturated rings. The summed E-state index contributed by atoms with van der Waals surface area (Å²) < 4.78 is 10.2. The number of esters is 1. The molecule has 3 rings (SSSR count). The number of amides is 1. The van der Waals surface area contributed by atoms with Crippen LogP contribution < -0.4 is 5.32 Å². The first kappa shape index (κ1) is 19.7. The Bertz CT molecular complexity index is 837. The van der Waals surface area contributed by atoms with Crippen LogP contribution in [-0.2, 0) is 16.1 Å². The SMILES string of the molecule is COC(=O)c1ccoc1CN1CCCCC1C(=O)Nc1ccc(Cl)c(Cl)c1. The Morgan fingerprint density at radius 1 is 1.26 bits per heavy atom. The van der Waals surface area contributed by atoms with Gasteiger partial charge in [0.05, 0.1) is 36.0 Å². The number of piperidine rings is 1. The van der Waals surface area contributed by atoms with Crippen LogP contribution in [0.2, 0.25) is 10.0 Å². The van der Waals surface area contributed by atoms with Gasteiger partial charge in [-0.2, -0.15) is 0 Å². The van der Waals surface area contributed by atoms with E-state index in [4.69, 9.17) is 32.4 Å². The maximum atomic E-state index is 12.8. The van der Waals surface area contributed by atoms with E-state index in [2.05, 4.69) is 5.32 Å². The van der Waals surface area contributed by atoms with Gasteiger partial charge in [-0.25, -0.2) is 4.79 Å². The normalized spacial score (nSPS) is 17.5. The first-order valence-electron chi connectivity index (χ1n) is 8.64. The van der Waals surface area contributed by atoms with Gasteiger partial charge < -0.3 is 14.5 Å². The van der Waals surface area contributed by atoms with Gasteiger partial charge in [0.1, 0.15) is 11.3 Å². The molecule has 1 aliphatic heterocycles. The number of nitrogens with zero attached hydrogens (tertiary/aromatic N) is 1. The van der Waals surface area contributed by atoms with Gasteiger partial charge in [-0.3, -0.25) is 9.69 Å². The Morgan fingerprint density at radius 3 is 2.81 bits per heavy atom. The largest absolute Gasteiger partial charge is 0.467 e. The molecule has 1 amide bonds. The molecule has 2 heterocycles. The quantitative estimate of drug-likeness (QED) is 0.740. The number of likely N-dealkylation sites (tertiary alicyclic amines) is 1. The van der Waals surface area contributed by atoms with Gasteiger partial charge >= 0.3 is 5.97 Å². The topological polar surface area (TPSA) is 71.8 Å². The van der Waals surface area contributed by atoms with Gasteiger partial charge in [-0.1, -0.05) is 29.6 Å². The summed E-state index contributed by atoms with van der Waals surface area (Å²) >= 11 is 11.9. The zero-order chi connectivity index (χ0) is 19.4. The van der Waals surface area contributed by atoms with E-state index in [0.717, 1.165) is 25.8 Å². The van der Waals surface area contributed by atoms with Gasteiger partial charge in [0.2, 0.25) is 5.91 Å². The van der Waals surface area contributed by atoms with E-state index < -0.39 is 5.97 Å². The summed E-state index contributed by atoms with van der Waals surface area (Å²) in [6, 6.07) is 6.22. The number of methoxy groups -OCH3 is 1. The lowest BCUT2D eigenvalue weighted by Gasteiger charge is -2.34. The molecule has 1 aliphatic rings. The molecule has 1 unspecified atom stereocenters. The second-order valence-electron chi connectivity index (χ2n) is 6.35. The van der Waals surface area contributed by atoms with Crippen molar-refractivity contribution in [1.82, 2.24) is 4.90 Å². The van der Waals surface area contributed by atoms with E-state index in [9.17, 15) is 9.59 Å². The van der Waals surface area contributed by atoms with Gasteiger partial charge in [0, 0.05) is 5.69 Å². The van der Waals surface area contributed by atoms with Crippen molar-refractivity contribution in [3.05, 3.63) is 51.9 Å². The molecule has 2 aromatic rings. The standard InChI is InChI=1S/C19H20Cl2N2O4/c1-26-19(25)13-7-9-27-17(13)11-23-8-3-2-4-16(23)18(24)22-12-5-6-14(20)15(21)10-12/h5-7,9-10,16H,2-4,8,11H2,1H3,(H,22,24). The number of nitrogens with one attached hydrogen (secondary N) is 1. The number of benzene rings is 1. The van der Waals surface area contributed by atoms with E-state index in [1.807, 2.05) is 4.90 Å². The van der Waals surface area contributed by atoms with Crippen molar-refractivity contribution in [3.63, 3.8) is 0 Å². The average Bonchev–Trinajstić information content (AvgIpc) is 3.12. The van der Waals surface area contributed by atoms with Gasteiger partial charge in [-0.05, 0) is 43.7 Å². The number of halogens is 2. The average molecular weight is 411 g/mol. The molecule has 27 heavy (non-hydrogen) atoms. The maximum Gasteiger partial charge on any atom is 0.341 e. The molecule has 8 heteroatoms. The van der Waals surface area contributed by atoms with Crippen molar-refractivity contribution in [2.75, 3.05) is 19.0 Å². The Kier molecular flexibility index (Phi) is 6.42. The molecule has 144 valence electrons. The molecule has 1 aromatic heterocycles. The van der Waals surface area contributed by atoms with Crippen molar-refractivity contribution < 1.29 is 18.7 Å². The number of hydrogen-bond acceptors (Lipinski definition) is 5. The van der Waals surface area contributed by atoms with Gasteiger partial charge in [0.25, 0.3) is 0 Å². The predicted octanol–water partition coefficient (Wildman–Crippen LogP) is 4.37. The highest BCUT2D eigenvalue weighted by atomic mass is 35.5. The summed E-state index contributed by atoms with van der Waals surface area (Å²) in [6.45, 7) is 1.09. The fourth-order valence-corrected chi connectivity index (χ4v) is 3.51. The van der Waals surface area contributed by atoms with E-state index in [1.54, 1.807) is 24.3 Å². The third-order valence-corrected chi connectivity index (χ3v) is 5.34. The fraction of sp³-hybridized carbons (Fsp3) is 0.368. The Hall–Kier alpha value is -2.02. The minimum atomic E-state index is -0.451. The van der Waals surface area contributed by atoms with Crippen molar-refractivity contribution >= 4 is 40.8 Å². The van der Waals surface area contributed by atoms with Crippen LogP contribution in [0.3, 0.4) is 0 Å². The van der Waals surface area contributed by atoms with Crippen molar-refractivity contribution in [2.24, 2.45) is 0 Å². The van der Waals surface area contributed by atoms with Crippen molar-refractivity contribution in [1.29, 1.82) is 0 Å². The summed E-state index contributed by atoms with van der Waals surface area (Å²) in [5, 5.41) is 3.71. The lowest BCUT2D eigenvalue weighted by Crippen LogP contribution is -2.46. The van der Waals surface area contributed by atoms with Crippen LogP contribution in [0.5, 0.6) is 0 Å². The molecule has 1 aromatic carbocycles. The number of rotatable bonds is 5. The zero-order valence-electron chi connectivity index (χ0n) is 14.8. The second-order valence-corrected chi connectivity index (χ2v) is 7.16. The van der Waals surface area contributed by atoms with Crippen LogP contribution in [0.25, 0.3) is 0 Å². The summed E-state index contributed by atoms with van der Waals surface area (Å²) in [6.07, 6.45) is 4.11. The van der Waals surface area contributed by atoms with E-state index in [0.29, 0.717) is 33.6 Å². The molecule has 0 radical (unpaired) electrons. The van der Waals surface area contributed by atoms with Crippen molar-refractivity contribution in [2.45, 2.75) is 31.8 Å². The number of furan rings is 1. The molecule has 1 atom stereocenters. The third kappa shape index (κ3) is 4.64. The molecule has 0 bridgehead atoms. The molecular weight excluding hydrogens is 391 g/mol. The summed E-state index contributed by atoms with van der Waals surface area (Å²) in [5.74, 6) is -0.0806. The highest BCUT2D eigenvalue weighted by Gasteiger charge is 2.30. The minimum Gasteiger partial charge on any atom is -0.467 e. The van der Waals surface area contributed by atoms with E-state index in [-0.39, 0.29) is 11.9 Å². The number of carbonyl (C=O) groups is 2. The first-order valence-corrected chi connectivity index (χ1v) is 9.40. The summed E-state index contributed by atoms with van der Waals surface area (Å²) in [7, 11) is 1.33. The van der Waals surface area contributed by atoms with Crippen LogP contribution in [0.1, 0.15) is 35.4 Å². The predicted molar refractivity (Wildman–Crippen MR) is 103 cm³/mol. The van der Waals surface area contributed by atoms with E-state index >= 15 is 0 Å². The lowest BCUT2D eigenvalue weighted by molar-refractivity contribution is -0.122. The van der Waals surface area contributed by atoms with Gasteiger partial charge in [0.15, 0.2) is 0 Å². The van der Waals surface area contributed by atoms with Crippen LogP contribution in [0.15, 0.2) is 34.9 Å². The zero-order valence-corrected chi connectivity index (χ0v) is 16.3. The highest BCUT2D eigenvalue weighted by Crippen LogP contribution is 2.27. The molecule has 6 nitrogen and oxygen atoms in total. The van der Waals surface area contributed by atoms with Gasteiger partial charge in [-0.15, -0.1) is 0 Å². The Labute approximate surface area is 167 Å². The lowest BCUT2D eigenvalue weighted by atomic mass is 10.0. The molecule has 0 aliphatic carbocycles. The number of ether oxygens (including phenoxy) is 1. The number of hydrogen-bond donors (Lipinski definition) is 1. The number of anilines is 1. The fourth-order valence-electron chi connectivity index (χ4n) is 3.22.